The smallest absolute Gasteiger partial charge is 0.328 e. The van der Waals surface area contributed by atoms with E-state index in [9.17, 15) is 4.79 Å². The molecule has 0 aliphatic carbocycles. The first-order valence-electron chi connectivity index (χ1n) is 5.44. The molecule has 86 valence electrons. The summed E-state index contributed by atoms with van der Waals surface area (Å²) in [6.45, 7) is 4.20. The van der Waals surface area contributed by atoms with E-state index in [0.29, 0.717) is 18.7 Å². The van der Waals surface area contributed by atoms with Gasteiger partial charge in [0.15, 0.2) is 0 Å². The van der Waals surface area contributed by atoms with Gasteiger partial charge in [-0.25, -0.2) is 4.79 Å². The van der Waals surface area contributed by atoms with Gasteiger partial charge in [0.25, 0.3) is 0 Å². The van der Waals surface area contributed by atoms with Gasteiger partial charge in [0, 0.05) is 6.42 Å². The van der Waals surface area contributed by atoms with E-state index in [1.807, 2.05) is 13.0 Å². The predicted molar refractivity (Wildman–Crippen MR) is 63.3 cm³/mol. The van der Waals surface area contributed by atoms with Crippen molar-refractivity contribution in [2.24, 2.45) is 0 Å². The van der Waals surface area contributed by atoms with E-state index in [-0.39, 0.29) is 12.0 Å². The number of nitrogens with two attached hydrogens (primary N) is 1. The summed E-state index contributed by atoms with van der Waals surface area (Å²) >= 11 is 0. The number of carbonyl (C=O) groups is 1. The minimum absolute atomic E-state index is 0.212. The van der Waals surface area contributed by atoms with Crippen LogP contribution < -0.4 is 11.1 Å². The van der Waals surface area contributed by atoms with Gasteiger partial charge in [0.2, 0.25) is 0 Å². The zero-order chi connectivity index (χ0) is 11.7. The molecule has 0 spiro atoms. The SMILES string of the molecule is CCOC(=O)C1Cc2cc(C)cc(N)c2N1. The van der Waals surface area contributed by atoms with Crippen molar-refractivity contribution < 1.29 is 9.53 Å². The summed E-state index contributed by atoms with van der Waals surface area (Å²) < 4.78 is 4.98. The predicted octanol–water partition coefficient (Wildman–Crippen LogP) is 1.48. The second-order valence-electron chi connectivity index (χ2n) is 4.04. The Morgan fingerprint density at radius 3 is 3.06 bits per heavy atom. The highest BCUT2D eigenvalue weighted by Gasteiger charge is 2.29. The quantitative estimate of drug-likeness (QED) is 0.585. The van der Waals surface area contributed by atoms with Crippen LogP contribution in [0.15, 0.2) is 12.1 Å². The van der Waals surface area contributed by atoms with Crippen molar-refractivity contribution in [3.63, 3.8) is 0 Å². The maximum Gasteiger partial charge on any atom is 0.328 e. The summed E-state index contributed by atoms with van der Waals surface area (Å²) in [4.78, 5) is 11.6. The molecule has 0 saturated heterocycles. The van der Waals surface area contributed by atoms with Gasteiger partial charge in [0.1, 0.15) is 6.04 Å². The van der Waals surface area contributed by atoms with Crippen LogP contribution in [-0.2, 0) is 16.0 Å². The Morgan fingerprint density at radius 2 is 2.38 bits per heavy atom. The fraction of sp³-hybridized carbons (Fsp3) is 0.417. The van der Waals surface area contributed by atoms with Crippen molar-refractivity contribution in [1.29, 1.82) is 0 Å². The van der Waals surface area contributed by atoms with Gasteiger partial charge in [-0.05, 0) is 31.0 Å². The summed E-state index contributed by atoms with van der Waals surface area (Å²) in [5.41, 5.74) is 9.68. The van der Waals surface area contributed by atoms with Gasteiger partial charge >= 0.3 is 5.97 Å². The normalized spacial score (nSPS) is 17.8. The third-order valence-corrected chi connectivity index (χ3v) is 2.71. The largest absolute Gasteiger partial charge is 0.464 e. The number of ether oxygens (including phenoxy) is 1. The number of aryl methyl sites for hydroxylation is 1. The van der Waals surface area contributed by atoms with Crippen molar-refractivity contribution >= 4 is 17.3 Å². The van der Waals surface area contributed by atoms with Gasteiger partial charge in [-0.2, -0.15) is 0 Å². The molecule has 1 heterocycles. The lowest BCUT2D eigenvalue weighted by Gasteiger charge is -2.10. The molecule has 0 fully saturated rings. The van der Waals surface area contributed by atoms with Gasteiger partial charge in [-0.15, -0.1) is 0 Å². The third-order valence-electron chi connectivity index (χ3n) is 2.71. The van der Waals surface area contributed by atoms with Crippen LogP contribution in [-0.4, -0.2) is 18.6 Å². The Morgan fingerprint density at radius 1 is 1.62 bits per heavy atom. The molecule has 1 aliphatic rings. The molecule has 0 bridgehead atoms. The van der Waals surface area contributed by atoms with Gasteiger partial charge in [-0.1, -0.05) is 6.07 Å². The number of nitrogens with one attached hydrogen (secondary N) is 1. The highest BCUT2D eigenvalue weighted by Crippen LogP contribution is 2.32. The third kappa shape index (κ3) is 1.83. The number of hydrogen-bond donors (Lipinski definition) is 2. The monoisotopic (exact) mass is 220 g/mol. The molecule has 1 aromatic rings. The van der Waals surface area contributed by atoms with Crippen LogP contribution in [0.1, 0.15) is 18.1 Å². The molecule has 16 heavy (non-hydrogen) atoms. The highest BCUT2D eigenvalue weighted by molar-refractivity contribution is 5.86. The van der Waals surface area contributed by atoms with Crippen molar-refractivity contribution in [2.45, 2.75) is 26.3 Å². The maximum absolute atomic E-state index is 11.6. The number of benzene rings is 1. The van der Waals surface area contributed by atoms with E-state index < -0.39 is 0 Å². The van der Waals surface area contributed by atoms with Crippen LogP contribution >= 0.6 is 0 Å². The van der Waals surface area contributed by atoms with Crippen LogP contribution in [0, 0.1) is 6.92 Å². The van der Waals surface area contributed by atoms with Gasteiger partial charge in [-0.3, -0.25) is 0 Å². The lowest BCUT2D eigenvalue weighted by atomic mass is 10.1. The summed E-state index contributed by atoms with van der Waals surface area (Å²) in [5.74, 6) is -0.212. The first-order chi connectivity index (χ1) is 7.61. The number of hydrogen-bond acceptors (Lipinski definition) is 4. The van der Waals surface area contributed by atoms with Crippen molar-refractivity contribution in [1.82, 2.24) is 0 Å². The van der Waals surface area contributed by atoms with E-state index in [4.69, 9.17) is 10.5 Å². The summed E-state index contributed by atoms with van der Waals surface area (Å²) in [5, 5.41) is 3.12. The van der Waals surface area contributed by atoms with Crippen LogP contribution in [0.4, 0.5) is 11.4 Å². The lowest BCUT2D eigenvalue weighted by molar-refractivity contribution is -0.143. The Kier molecular flexibility index (Phi) is 2.73. The standard InChI is InChI=1S/C12H16N2O2/c1-3-16-12(15)10-6-8-4-7(2)5-9(13)11(8)14-10/h4-5,10,14H,3,6,13H2,1-2H3. The molecule has 1 aliphatic heterocycles. The number of esters is 1. The Hall–Kier alpha value is -1.71. The number of nitrogen functional groups attached to an aromatic ring is 1. The highest BCUT2D eigenvalue weighted by atomic mass is 16.5. The summed E-state index contributed by atoms with van der Waals surface area (Å²) in [6.07, 6.45) is 0.653. The van der Waals surface area contributed by atoms with E-state index in [1.165, 1.54) is 0 Å². The van der Waals surface area contributed by atoms with Crippen molar-refractivity contribution in [2.75, 3.05) is 17.7 Å². The summed E-state index contributed by atoms with van der Waals surface area (Å²) in [6, 6.07) is 3.66. The minimum Gasteiger partial charge on any atom is -0.464 e. The van der Waals surface area contributed by atoms with E-state index in [0.717, 1.165) is 16.8 Å². The summed E-state index contributed by atoms with van der Waals surface area (Å²) in [7, 11) is 0. The Labute approximate surface area is 94.8 Å². The van der Waals surface area contributed by atoms with Crippen LogP contribution in [0.2, 0.25) is 0 Å². The average molecular weight is 220 g/mol. The van der Waals surface area contributed by atoms with E-state index >= 15 is 0 Å². The molecule has 3 N–H and O–H groups in total. The minimum atomic E-state index is -0.293. The first-order valence-corrected chi connectivity index (χ1v) is 5.44. The van der Waals surface area contributed by atoms with Crippen LogP contribution in [0.3, 0.4) is 0 Å². The molecule has 0 saturated carbocycles. The van der Waals surface area contributed by atoms with E-state index in [1.54, 1.807) is 6.92 Å². The second kappa shape index (κ2) is 4.04. The second-order valence-corrected chi connectivity index (χ2v) is 4.04. The van der Waals surface area contributed by atoms with Crippen molar-refractivity contribution in [3.8, 4) is 0 Å². The molecule has 1 atom stereocenters. The van der Waals surface area contributed by atoms with Crippen LogP contribution in [0.5, 0.6) is 0 Å². The number of fused-ring (bicyclic) bond motifs is 1. The molecular formula is C12H16N2O2. The molecular weight excluding hydrogens is 204 g/mol. The van der Waals surface area contributed by atoms with Crippen LogP contribution in [0.25, 0.3) is 0 Å². The topological polar surface area (TPSA) is 64.3 Å². The molecule has 4 nitrogen and oxygen atoms in total. The van der Waals surface area contributed by atoms with Crippen molar-refractivity contribution in [3.05, 3.63) is 23.3 Å². The average Bonchev–Trinajstić information content (AvgIpc) is 2.62. The fourth-order valence-electron chi connectivity index (χ4n) is 2.06. The molecule has 1 unspecified atom stereocenters. The lowest BCUT2D eigenvalue weighted by Crippen LogP contribution is -2.29. The Balaban J connectivity index is 2.21. The van der Waals surface area contributed by atoms with Gasteiger partial charge < -0.3 is 15.8 Å². The number of carbonyl (C=O) groups excluding carboxylic acids is 1. The molecule has 1 aromatic carbocycles. The number of anilines is 2. The zero-order valence-electron chi connectivity index (χ0n) is 9.54. The maximum atomic E-state index is 11.6. The molecule has 0 aromatic heterocycles. The fourth-order valence-corrected chi connectivity index (χ4v) is 2.06. The molecule has 2 rings (SSSR count). The number of rotatable bonds is 2. The first kappa shape index (κ1) is 10.8. The zero-order valence-corrected chi connectivity index (χ0v) is 9.54. The van der Waals surface area contributed by atoms with Gasteiger partial charge in [0.05, 0.1) is 18.0 Å². The molecule has 0 amide bonds. The molecule has 0 radical (unpaired) electrons. The van der Waals surface area contributed by atoms with E-state index in [2.05, 4.69) is 11.4 Å². The Bertz CT molecular complexity index is 429. The molecule has 4 heteroatoms.